The van der Waals surface area contributed by atoms with E-state index in [0.717, 1.165) is 24.0 Å². The maximum Gasteiger partial charge on any atom is 0.155 e. The van der Waals surface area contributed by atoms with Crippen LogP contribution in [0.4, 0.5) is 0 Å². The predicted molar refractivity (Wildman–Crippen MR) is 74.1 cm³/mol. The number of aryl methyl sites for hydroxylation is 1. The average Bonchev–Trinajstić information content (AvgIpc) is 2.70. The summed E-state index contributed by atoms with van der Waals surface area (Å²) in [5.41, 5.74) is 2.05. The van der Waals surface area contributed by atoms with Crippen molar-refractivity contribution < 1.29 is 18.3 Å². The summed E-state index contributed by atoms with van der Waals surface area (Å²) >= 11 is 0. The molecule has 0 aliphatic heterocycles. The van der Waals surface area contributed by atoms with Gasteiger partial charge < -0.3 is 9.84 Å². The van der Waals surface area contributed by atoms with E-state index in [0.29, 0.717) is 5.75 Å². The smallest absolute Gasteiger partial charge is 0.155 e. The van der Waals surface area contributed by atoms with Crippen LogP contribution in [0.25, 0.3) is 0 Å². The Morgan fingerprint density at radius 1 is 1.42 bits per heavy atom. The summed E-state index contributed by atoms with van der Waals surface area (Å²) in [7, 11) is -3.05. The lowest BCUT2D eigenvalue weighted by molar-refractivity contribution is 0.180. The third kappa shape index (κ3) is 3.28. The zero-order valence-corrected chi connectivity index (χ0v) is 12.1. The molecule has 1 unspecified atom stereocenters. The summed E-state index contributed by atoms with van der Waals surface area (Å²) in [5.74, 6) is 0.705. The van der Waals surface area contributed by atoms with Crippen LogP contribution in [0.3, 0.4) is 0 Å². The molecule has 0 saturated carbocycles. The fourth-order valence-corrected chi connectivity index (χ4v) is 2.96. The standard InChI is InChI=1S/C14H20O4S/c1-10(2)19(16,17)8-7-18-12-4-5-13-11(9-12)3-6-14(13)15/h4-5,9-10,14-15H,3,6-8H2,1-2H3. The molecule has 0 amide bonds. The van der Waals surface area contributed by atoms with Gasteiger partial charge >= 0.3 is 0 Å². The van der Waals surface area contributed by atoms with E-state index in [1.54, 1.807) is 19.9 Å². The lowest BCUT2D eigenvalue weighted by Crippen LogP contribution is -2.22. The van der Waals surface area contributed by atoms with Crippen molar-refractivity contribution >= 4 is 9.84 Å². The van der Waals surface area contributed by atoms with Crippen molar-refractivity contribution in [2.24, 2.45) is 0 Å². The van der Waals surface area contributed by atoms with Gasteiger partial charge in [0.1, 0.15) is 12.4 Å². The average molecular weight is 284 g/mol. The highest BCUT2D eigenvalue weighted by atomic mass is 32.2. The molecule has 0 aromatic heterocycles. The number of aliphatic hydroxyl groups excluding tert-OH is 1. The summed E-state index contributed by atoms with van der Waals surface area (Å²) in [4.78, 5) is 0. The number of fused-ring (bicyclic) bond motifs is 1. The Bertz CT molecular complexity index is 549. The molecule has 0 bridgehead atoms. The van der Waals surface area contributed by atoms with Crippen molar-refractivity contribution in [1.29, 1.82) is 0 Å². The highest BCUT2D eigenvalue weighted by Gasteiger charge is 2.20. The molecule has 106 valence electrons. The molecular weight excluding hydrogens is 264 g/mol. The van der Waals surface area contributed by atoms with Crippen LogP contribution >= 0.6 is 0 Å². The topological polar surface area (TPSA) is 63.6 Å². The molecule has 1 atom stereocenters. The van der Waals surface area contributed by atoms with Crippen LogP contribution < -0.4 is 4.74 Å². The Kier molecular flexibility index (Phi) is 4.16. The number of sulfone groups is 1. The van der Waals surface area contributed by atoms with Gasteiger partial charge in [-0.25, -0.2) is 8.42 Å². The number of rotatable bonds is 5. The molecule has 1 aliphatic carbocycles. The van der Waals surface area contributed by atoms with Crippen LogP contribution in [0, 0.1) is 0 Å². The molecule has 19 heavy (non-hydrogen) atoms. The minimum Gasteiger partial charge on any atom is -0.493 e. The summed E-state index contributed by atoms with van der Waals surface area (Å²) in [6.07, 6.45) is 1.23. The third-order valence-electron chi connectivity index (χ3n) is 3.52. The number of aliphatic hydroxyl groups is 1. The SMILES string of the molecule is CC(C)S(=O)(=O)CCOc1ccc2c(c1)CCC2O. The van der Waals surface area contributed by atoms with Gasteiger partial charge in [0, 0.05) is 0 Å². The van der Waals surface area contributed by atoms with Crippen LogP contribution in [0.1, 0.15) is 37.5 Å². The van der Waals surface area contributed by atoms with Crippen LogP contribution in [0.15, 0.2) is 18.2 Å². The first-order valence-electron chi connectivity index (χ1n) is 6.55. The van der Waals surface area contributed by atoms with Crippen LogP contribution in [0.2, 0.25) is 0 Å². The zero-order valence-electron chi connectivity index (χ0n) is 11.3. The molecule has 0 heterocycles. The van der Waals surface area contributed by atoms with Gasteiger partial charge in [0.2, 0.25) is 0 Å². The van der Waals surface area contributed by atoms with E-state index < -0.39 is 9.84 Å². The minimum atomic E-state index is -3.05. The highest BCUT2D eigenvalue weighted by molar-refractivity contribution is 7.91. The van der Waals surface area contributed by atoms with Gasteiger partial charge in [0.05, 0.1) is 17.1 Å². The van der Waals surface area contributed by atoms with Gasteiger partial charge in [-0.2, -0.15) is 0 Å². The molecule has 4 nitrogen and oxygen atoms in total. The quantitative estimate of drug-likeness (QED) is 0.896. The molecule has 1 N–H and O–H groups in total. The van der Waals surface area contributed by atoms with Crippen molar-refractivity contribution in [1.82, 2.24) is 0 Å². The van der Waals surface area contributed by atoms with E-state index in [1.165, 1.54) is 0 Å². The Morgan fingerprint density at radius 3 is 2.84 bits per heavy atom. The molecule has 2 rings (SSSR count). The number of benzene rings is 1. The zero-order chi connectivity index (χ0) is 14.0. The van der Waals surface area contributed by atoms with E-state index in [9.17, 15) is 13.5 Å². The predicted octanol–water partition coefficient (Wildman–Crippen LogP) is 1.87. The third-order valence-corrected chi connectivity index (χ3v) is 5.69. The van der Waals surface area contributed by atoms with E-state index >= 15 is 0 Å². The van der Waals surface area contributed by atoms with Crippen molar-refractivity contribution in [3.63, 3.8) is 0 Å². The lowest BCUT2D eigenvalue weighted by Gasteiger charge is -2.10. The molecule has 0 radical (unpaired) electrons. The van der Waals surface area contributed by atoms with Crippen molar-refractivity contribution in [2.75, 3.05) is 12.4 Å². The van der Waals surface area contributed by atoms with Crippen molar-refractivity contribution in [2.45, 2.75) is 38.0 Å². The van der Waals surface area contributed by atoms with Crippen LogP contribution in [-0.2, 0) is 16.3 Å². The fourth-order valence-electron chi connectivity index (χ4n) is 2.17. The first-order valence-corrected chi connectivity index (χ1v) is 8.27. The fraction of sp³-hybridized carbons (Fsp3) is 0.571. The maximum atomic E-state index is 11.6. The van der Waals surface area contributed by atoms with Gasteiger partial charge in [-0.15, -0.1) is 0 Å². The van der Waals surface area contributed by atoms with E-state index in [1.807, 2.05) is 12.1 Å². The summed E-state index contributed by atoms with van der Waals surface area (Å²) in [6, 6.07) is 5.54. The van der Waals surface area contributed by atoms with Gasteiger partial charge in [-0.05, 0) is 49.9 Å². The Morgan fingerprint density at radius 2 is 2.16 bits per heavy atom. The van der Waals surface area contributed by atoms with Crippen LogP contribution in [-0.4, -0.2) is 31.1 Å². The molecule has 5 heteroatoms. The normalized spacial score (nSPS) is 18.6. The summed E-state index contributed by atoms with van der Waals surface area (Å²) in [5, 5.41) is 9.33. The largest absolute Gasteiger partial charge is 0.493 e. The Balaban J connectivity index is 1.95. The van der Waals surface area contributed by atoms with E-state index in [4.69, 9.17) is 4.74 Å². The second-order valence-electron chi connectivity index (χ2n) is 5.18. The van der Waals surface area contributed by atoms with E-state index in [-0.39, 0.29) is 23.7 Å². The number of hydrogen-bond acceptors (Lipinski definition) is 4. The first-order chi connectivity index (χ1) is 8.90. The van der Waals surface area contributed by atoms with Gasteiger partial charge in [-0.1, -0.05) is 6.07 Å². The highest BCUT2D eigenvalue weighted by Crippen LogP contribution is 2.33. The summed E-state index contributed by atoms with van der Waals surface area (Å²) < 4.78 is 28.8. The van der Waals surface area contributed by atoms with Gasteiger partial charge in [-0.3, -0.25) is 0 Å². The monoisotopic (exact) mass is 284 g/mol. The first kappa shape index (κ1) is 14.3. The molecular formula is C14H20O4S. The van der Waals surface area contributed by atoms with Crippen LogP contribution in [0.5, 0.6) is 5.75 Å². The molecule has 0 saturated heterocycles. The Labute approximate surface area is 114 Å². The maximum absolute atomic E-state index is 11.6. The second-order valence-corrected chi connectivity index (χ2v) is 7.86. The molecule has 1 aromatic carbocycles. The Hall–Kier alpha value is -1.07. The van der Waals surface area contributed by atoms with Gasteiger partial charge in [0.15, 0.2) is 9.84 Å². The summed E-state index contributed by atoms with van der Waals surface area (Å²) in [6.45, 7) is 3.51. The van der Waals surface area contributed by atoms with Gasteiger partial charge in [0.25, 0.3) is 0 Å². The number of ether oxygens (including phenoxy) is 1. The van der Waals surface area contributed by atoms with Crippen molar-refractivity contribution in [3.05, 3.63) is 29.3 Å². The lowest BCUT2D eigenvalue weighted by atomic mass is 10.1. The molecule has 1 aliphatic rings. The minimum absolute atomic E-state index is 0.0321. The molecule has 0 fully saturated rings. The molecule has 0 spiro atoms. The second kappa shape index (κ2) is 5.51. The number of hydrogen-bond donors (Lipinski definition) is 1. The molecule has 1 aromatic rings. The van der Waals surface area contributed by atoms with Crippen molar-refractivity contribution in [3.8, 4) is 5.75 Å². The van der Waals surface area contributed by atoms with E-state index in [2.05, 4.69) is 0 Å².